The molecule has 0 atom stereocenters. The minimum Gasteiger partial charge on any atom is -0.350 e. The van der Waals surface area contributed by atoms with E-state index in [0.717, 1.165) is 23.1 Å². The first-order valence-corrected chi connectivity index (χ1v) is 8.99. The highest BCUT2D eigenvalue weighted by Gasteiger charge is 2.41. The zero-order valence-electron chi connectivity index (χ0n) is 14.1. The van der Waals surface area contributed by atoms with Crippen LogP contribution in [0.1, 0.15) is 4.88 Å². The molecule has 1 N–H and O–H groups in total. The molecule has 0 unspecified atom stereocenters. The van der Waals surface area contributed by atoms with Crippen molar-refractivity contribution in [2.24, 2.45) is 0 Å². The molecule has 2 aromatic carbocycles. The molecule has 28 heavy (non-hydrogen) atoms. The minimum atomic E-state index is -1.11. The van der Waals surface area contributed by atoms with Crippen LogP contribution in [0, 0.1) is 17.5 Å². The molecule has 0 radical (unpaired) electrons. The van der Waals surface area contributed by atoms with Gasteiger partial charge in [-0.3, -0.25) is 9.59 Å². The van der Waals surface area contributed by atoms with E-state index in [-0.39, 0.29) is 22.6 Å². The van der Waals surface area contributed by atoms with Crippen molar-refractivity contribution in [3.63, 3.8) is 0 Å². The van der Waals surface area contributed by atoms with Gasteiger partial charge >= 0.3 is 0 Å². The van der Waals surface area contributed by atoms with Crippen LogP contribution in [0.4, 0.5) is 24.5 Å². The number of amides is 2. The number of para-hydroxylation sites is 1. The first-order valence-electron chi connectivity index (χ1n) is 8.11. The first kappa shape index (κ1) is 18.0. The van der Waals surface area contributed by atoms with Crippen LogP contribution >= 0.6 is 11.3 Å². The third-order valence-corrected chi connectivity index (χ3v) is 5.02. The second-order valence-corrected chi connectivity index (χ2v) is 6.83. The highest BCUT2D eigenvalue weighted by Crippen LogP contribution is 2.36. The van der Waals surface area contributed by atoms with E-state index in [1.807, 2.05) is 0 Å². The number of nitrogens with one attached hydrogen (secondary N) is 1. The monoisotopic (exact) mass is 400 g/mol. The zero-order valence-corrected chi connectivity index (χ0v) is 14.9. The van der Waals surface area contributed by atoms with E-state index in [0.29, 0.717) is 4.88 Å². The number of carbonyl (C=O) groups excluding carboxylic acids is 2. The van der Waals surface area contributed by atoms with Gasteiger partial charge in [-0.25, -0.2) is 18.1 Å². The Balaban J connectivity index is 1.82. The third-order valence-electron chi connectivity index (χ3n) is 4.13. The molecule has 4 rings (SSSR count). The second kappa shape index (κ2) is 6.97. The van der Waals surface area contributed by atoms with Crippen LogP contribution in [-0.2, 0) is 9.59 Å². The van der Waals surface area contributed by atoms with E-state index < -0.39 is 29.3 Å². The summed E-state index contributed by atoms with van der Waals surface area (Å²) in [6.45, 7) is 0. The summed E-state index contributed by atoms with van der Waals surface area (Å²) in [6.07, 6.45) is 0. The van der Waals surface area contributed by atoms with Crippen molar-refractivity contribution in [1.82, 2.24) is 0 Å². The lowest BCUT2D eigenvalue weighted by atomic mass is 10.2. The summed E-state index contributed by atoms with van der Waals surface area (Å²) in [5.74, 6) is -4.37. The molecule has 2 amide bonds. The third kappa shape index (κ3) is 2.97. The number of nitrogens with zero attached hydrogens (tertiary/aromatic N) is 1. The lowest BCUT2D eigenvalue weighted by Crippen LogP contribution is -2.33. The fourth-order valence-corrected chi connectivity index (χ4v) is 3.63. The maximum Gasteiger partial charge on any atom is 0.282 e. The highest BCUT2D eigenvalue weighted by atomic mass is 32.1. The number of halogens is 3. The minimum absolute atomic E-state index is 0.0352. The largest absolute Gasteiger partial charge is 0.350 e. The lowest BCUT2D eigenvalue weighted by molar-refractivity contribution is -0.120. The van der Waals surface area contributed by atoms with Crippen molar-refractivity contribution in [1.29, 1.82) is 0 Å². The van der Waals surface area contributed by atoms with Gasteiger partial charge in [-0.15, -0.1) is 11.3 Å². The van der Waals surface area contributed by atoms with Crippen molar-refractivity contribution in [3.8, 4) is 0 Å². The molecular weight excluding hydrogens is 389 g/mol. The van der Waals surface area contributed by atoms with E-state index in [2.05, 4.69) is 5.32 Å². The van der Waals surface area contributed by atoms with Gasteiger partial charge in [0.2, 0.25) is 0 Å². The van der Waals surface area contributed by atoms with Crippen molar-refractivity contribution in [2.75, 3.05) is 10.2 Å². The molecule has 0 bridgehead atoms. The van der Waals surface area contributed by atoms with Gasteiger partial charge in [0, 0.05) is 16.6 Å². The van der Waals surface area contributed by atoms with E-state index >= 15 is 0 Å². The average Bonchev–Trinajstić information content (AvgIpc) is 3.27. The van der Waals surface area contributed by atoms with Gasteiger partial charge in [0.05, 0.1) is 11.3 Å². The van der Waals surface area contributed by atoms with Crippen molar-refractivity contribution < 1.29 is 22.8 Å². The molecule has 0 fully saturated rings. The Hall–Kier alpha value is -3.39. The molecule has 1 aliphatic rings. The van der Waals surface area contributed by atoms with Gasteiger partial charge in [0.15, 0.2) is 11.6 Å². The average molecular weight is 400 g/mol. The van der Waals surface area contributed by atoms with Crippen LogP contribution in [0.5, 0.6) is 0 Å². The summed E-state index contributed by atoms with van der Waals surface area (Å²) >= 11 is 1.22. The van der Waals surface area contributed by atoms with Gasteiger partial charge < -0.3 is 5.32 Å². The van der Waals surface area contributed by atoms with Gasteiger partial charge in [-0.1, -0.05) is 18.2 Å². The van der Waals surface area contributed by atoms with Crippen LogP contribution < -0.4 is 10.2 Å². The molecule has 0 saturated carbocycles. The van der Waals surface area contributed by atoms with E-state index in [1.54, 1.807) is 17.5 Å². The number of anilines is 2. The Kier molecular flexibility index (Phi) is 4.48. The zero-order chi connectivity index (χ0) is 19.8. The molecule has 140 valence electrons. The molecule has 4 nitrogen and oxygen atoms in total. The summed E-state index contributed by atoms with van der Waals surface area (Å²) in [5.41, 5.74) is -0.206. The topological polar surface area (TPSA) is 49.4 Å². The van der Waals surface area contributed by atoms with Gasteiger partial charge in [-0.2, -0.15) is 0 Å². The molecule has 0 spiro atoms. The standard InChI is InChI=1S/C20H11F3N2O2S/c21-12-8-7-11(10-14(12)23)24-18-17(16-6-3-9-28-16)19(26)25(20(18)27)15-5-2-1-4-13(15)22/h1-10,24H. The van der Waals surface area contributed by atoms with Gasteiger partial charge in [0.1, 0.15) is 11.5 Å². The van der Waals surface area contributed by atoms with Crippen LogP contribution in [0.3, 0.4) is 0 Å². The maximum absolute atomic E-state index is 14.2. The van der Waals surface area contributed by atoms with Gasteiger partial charge in [-0.05, 0) is 35.7 Å². The predicted octanol–water partition coefficient (Wildman–Crippen LogP) is 4.56. The molecule has 1 aliphatic heterocycles. The van der Waals surface area contributed by atoms with E-state index in [1.165, 1.54) is 35.6 Å². The summed E-state index contributed by atoms with van der Waals surface area (Å²) in [7, 11) is 0. The Morgan fingerprint density at radius 3 is 2.29 bits per heavy atom. The van der Waals surface area contributed by atoms with Crippen LogP contribution in [0.25, 0.3) is 5.57 Å². The SMILES string of the molecule is O=C1C(Nc2ccc(F)c(F)c2)=C(c2cccs2)C(=O)N1c1ccccc1F. The van der Waals surface area contributed by atoms with E-state index in [9.17, 15) is 22.8 Å². The molecule has 2 heterocycles. The van der Waals surface area contributed by atoms with Crippen molar-refractivity contribution >= 4 is 40.1 Å². The predicted molar refractivity (Wildman–Crippen MR) is 100 cm³/mol. The van der Waals surface area contributed by atoms with Crippen LogP contribution in [0.2, 0.25) is 0 Å². The summed E-state index contributed by atoms with van der Waals surface area (Å²) in [6, 6.07) is 11.8. The Morgan fingerprint density at radius 2 is 1.61 bits per heavy atom. The number of carbonyl (C=O) groups is 2. The molecular formula is C20H11F3N2O2S. The van der Waals surface area contributed by atoms with Crippen LogP contribution in [0.15, 0.2) is 65.7 Å². The smallest absolute Gasteiger partial charge is 0.282 e. The van der Waals surface area contributed by atoms with Crippen LogP contribution in [-0.4, -0.2) is 11.8 Å². The number of thiophene rings is 1. The number of rotatable bonds is 4. The second-order valence-electron chi connectivity index (χ2n) is 5.88. The molecule has 1 aromatic heterocycles. The van der Waals surface area contributed by atoms with E-state index in [4.69, 9.17) is 0 Å². The Labute approximate surface area is 161 Å². The number of imide groups is 1. The molecule has 0 saturated heterocycles. The Bertz CT molecular complexity index is 1130. The van der Waals surface area contributed by atoms with Crippen molar-refractivity contribution in [2.45, 2.75) is 0 Å². The molecule has 0 aliphatic carbocycles. The Morgan fingerprint density at radius 1 is 0.821 bits per heavy atom. The number of hydrogen-bond donors (Lipinski definition) is 1. The highest BCUT2D eigenvalue weighted by molar-refractivity contribution is 7.11. The number of hydrogen-bond acceptors (Lipinski definition) is 4. The van der Waals surface area contributed by atoms with Crippen molar-refractivity contribution in [3.05, 3.63) is 88.0 Å². The normalized spacial score (nSPS) is 14.2. The summed E-state index contributed by atoms with van der Waals surface area (Å²) < 4.78 is 41.0. The maximum atomic E-state index is 14.2. The summed E-state index contributed by atoms with van der Waals surface area (Å²) in [4.78, 5) is 27.2. The number of benzene rings is 2. The fraction of sp³-hybridized carbons (Fsp3) is 0. The molecule has 3 aromatic rings. The summed E-state index contributed by atoms with van der Waals surface area (Å²) in [5, 5.41) is 4.42. The lowest BCUT2D eigenvalue weighted by Gasteiger charge is -2.16. The molecule has 8 heteroatoms. The van der Waals surface area contributed by atoms with Gasteiger partial charge in [0.25, 0.3) is 11.8 Å². The first-order chi connectivity index (χ1) is 13.5. The quantitative estimate of drug-likeness (QED) is 0.653. The fourth-order valence-electron chi connectivity index (χ4n) is 2.87.